The molecular weight excluding hydrogens is 352 g/mol. The van der Waals surface area contributed by atoms with Gasteiger partial charge in [0, 0.05) is 23.8 Å². The third-order valence-corrected chi connectivity index (χ3v) is 4.22. The van der Waals surface area contributed by atoms with Crippen molar-refractivity contribution >= 4 is 17.0 Å². The highest BCUT2D eigenvalue weighted by atomic mass is 19.4. The molecule has 0 amide bonds. The van der Waals surface area contributed by atoms with Gasteiger partial charge >= 0.3 is 12.1 Å². The SMILES string of the molecule is Cc1c(CC(=O)O)c2cccnc2n1Cc1ccc(C(F)(F)F)c(F)c1. The van der Waals surface area contributed by atoms with Crippen LogP contribution in [0.15, 0.2) is 36.5 Å². The molecule has 0 spiro atoms. The van der Waals surface area contributed by atoms with Crippen LogP contribution in [0.4, 0.5) is 17.6 Å². The number of rotatable bonds is 4. The molecule has 0 aliphatic carbocycles. The summed E-state index contributed by atoms with van der Waals surface area (Å²) in [7, 11) is 0. The minimum atomic E-state index is -4.76. The molecule has 0 unspecified atom stereocenters. The zero-order chi connectivity index (χ0) is 19.1. The maximum Gasteiger partial charge on any atom is 0.419 e. The summed E-state index contributed by atoms with van der Waals surface area (Å²) in [4.78, 5) is 15.4. The summed E-state index contributed by atoms with van der Waals surface area (Å²) in [6.07, 6.45) is -3.42. The maximum atomic E-state index is 13.8. The number of fused-ring (bicyclic) bond motifs is 1. The summed E-state index contributed by atoms with van der Waals surface area (Å²) in [5.41, 5.74) is 0.707. The first-order valence-electron chi connectivity index (χ1n) is 7.68. The van der Waals surface area contributed by atoms with Crippen LogP contribution in [0.25, 0.3) is 11.0 Å². The minimum absolute atomic E-state index is 0.0774. The minimum Gasteiger partial charge on any atom is -0.481 e. The molecule has 0 saturated heterocycles. The van der Waals surface area contributed by atoms with Crippen LogP contribution in [0.5, 0.6) is 0 Å². The summed E-state index contributed by atoms with van der Waals surface area (Å²) in [6.45, 7) is 1.79. The molecule has 0 atom stereocenters. The van der Waals surface area contributed by atoms with Gasteiger partial charge in [0.25, 0.3) is 0 Å². The Morgan fingerprint density at radius 1 is 1.27 bits per heavy atom. The van der Waals surface area contributed by atoms with Crippen LogP contribution in [0.2, 0.25) is 0 Å². The molecule has 4 nitrogen and oxygen atoms in total. The summed E-state index contributed by atoms with van der Waals surface area (Å²) in [6, 6.07) is 6.16. The molecule has 2 aromatic heterocycles. The number of carboxylic acids is 1. The van der Waals surface area contributed by atoms with E-state index in [1.807, 2.05) is 0 Å². The summed E-state index contributed by atoms with van der Waals surface area (Å²) >= 11 is 0. The van der Waals surface area contributed by atoms with Crippen LogP contribution in [-0.2, 0) is 23.9 Å². The fourth-order valence-corrected chi connectivity index (χ4v) is 3.00. The van der Waals surface area contributed by atoms with E-state index in [9.17, 15) is 22.4 Å². The normalized spacial score (nSPS) is 11.9. The number of pyridine rings is 1. The number of halogens is 4. The molecular formula is C18H14F4N2O2. The van der Waals surface area contributed by atoms with Gasteiger partial charge in [-0.05, 0) is 42.3 Å². The molecule has 136 valence electrons. The van der Waals surface area contributed by atoms with Crippen LogP contribution in [-0.4, -0.2) is 20.6 Å². The second-order valence-corrected chi connectivity index (χ2v) is 5.91. The van der Waals surface area contributed by atoms with Gasteiger partial charge in [0.15, 0.2) is 0 Å². The fourth-order valence-electron chi connectivity index (χ4n) is 3.00. The van der Waals surface area contributed by atoms with E-state index in [0.29, 0.717) is 33.9 Å². The summed E-state index contributed by atoms with van der Waals surface area (Å²) < 4.78 is 53.6. The number of carboxylic acid groups (broad SMARTS) is 1. The highest BCUT2D eigenvalue weighted by Gasteiger charge is 2.33. The van der Waals surface area contributed by atoms with E-state index in [0.717, 1.165) is 6.07 Å². The van der Waals surface area contributed by atoms with Crippen molar-refractivity contribution in [3.05, 3.63) is 64.7 Å². The van der Waals surface area contributed by atoms with E-state index in [1.165, 1.54) is 12.3 Å². The van der Waals surface area contributed by atoms with Crippen molar-refractivity contribution in [2.24, 2.45) is 0 Å². The van der Waals surface area contributed by atoms with Gasteiger partial charge < -0.3 is 9.67 Å². The largest absolute Gasteiger partial charge is 0.481 e. The van der Waals surface area contributed by atoms with Gasteiger partial charge in [-0.3, -0.25) is 4.79 Å². The molecule has 3 rings (SSSR count). The molecule has 3 aromatic rings. The third kappa shape index (κ3) is 3.26. The topological polar surface area (TPSA) is 55.1 Å². The lowest BCUT2D eigenvalue weighted by Gasteiger charge is -2.11. The second-order valence-electron chi connectivity index (χ2n) is 5.91. The fraction of sp³-hybridized carbons (Fsp3) is 0.222. The van der Waals surface area contributed by atoms with E-state index in [2.05, 4.69) is 4.98 Å². The van der Waals surface area contributed by atoms with Crippen molar-refractivity contribution in [2.45, 2.75) is 26.1 Å². The Balaban J connectivity index is 2.06. The van der Waals surface area contributed by atoms with Crippen molar-refractivity contribution in [1.29, 1.82) is 0 Å². The molecule has 0 fully saturated rings. The van der Waals surface area contributed by atoms with E-state index in [1.54, 1.807) is 23.6 Å². The van der Waals surface area contributed by atoms with E-state index in [4.69, 9.17) is 5.11 Å². The van der Waals surface area contributed by atoms with Crippen molar-refractivity contribution in [2.75, 3.05) is 0 Å². The highest BCUT2D eigenvalue weighted by Crippen LogP contribution is 2.32. The summed E-state index contributed by atoms with van der Waals surface area (Å²) in [5.74, 6) is -2.35. The first-order chi connectivity index (χ1) is 12.2. The van der Waals surface area contributed by atoms with Crippen LogP contribution < -0.4 is 0 Å². The molecule has 0 radical (unpaired) electrons. The van der Waals surface area contributed by atoms with Crippen molar-refractivity contribution < 1.29 is 27.5 Å². The second kappa shape index (κ2) is 6.44. The number of aliphatic carboxylic acids is 1. The quantitative estimate of drug-likeness (QED) is 0.705. The first-order valence-corrected chi connectivity index (χ1v) is 7.68. The van der Waals surface area contributed by atoms with Gasteiger partial charge in [0.05, 0.1) is 12.0 Å². The van der Waals surface area contributed by atoms with E-state index >= 15 is 0 Å². The van der Waals surface area contributed by atoms with E-state index in [-0.39, 0.29) is 13.0 Å². The molecule has 0 saturated carbocycles. The number of hydrogen-bond donors (Lipinski definition) is 1. The molecule has 8 heteroatoms. The van der Waals surface area contributed by atoms with Crippen molar-refractivity contribution in [3.8, 4) is 0 Å². The third-order valence-electron chi connectivity index (χ3n) is 4.22. The number of hydrogen-bond acceptors (Lipinski definition) is 2. The van der Waals surface area contributed by atoms with Crippen molar-refractivity contribution in [1.82, 2.24) is 9.55 Å². The van der Waals surface area contributed by atoms with Crippen LogP contribution in [0.3, 0.4) is 0 Å². The maximum absolute atomic E-state index is 13.8. The lowest BCUT2D eigenvalue weighted by molar-refractivity contribution is -0.140. The lowest BCUT2D eigenvalue weighted by Crippen LogP contribution is -2.10. The number of nitrogens with zero attached hydrogens (tertiary/aromatic N) is 2. The van der Waals surface area contributed by atoms with Crippen LogP contribution in [0.1, 0.15) is 22.4 Å². The average Bonchev–Trinajstić information content (AvgIpc) is 2.79. The molecule has 26 heavy (non-hydrogen) atoms. The van der Waals surface area contributed by atoms with Crippen LogP contribution >= 0.6 is 0 Å². The molecule has 1 aromatic carbocycles. The number of aromatic nitrogens is 2. The van der Waals surface area contributed by atoms with Gasteiger partial charge in [-0.25, -0.2) is 9.37 Å². The highest BCUT2D eigenvalue weighted by molar-refractivity contribution is 5.86. The predicted molar refractivity (Wildman–Crippen MR) is 86.3 cm³/mol. The van der Waals surface area contributed by atoms with Gasteiger partial charge in [-0.15, -0.1) is 0 Å². The van der Waals surface area contributed by atoms with Gasteiger partial charge in [-0.1, -0.05) is 6.07 Å². The van der Waals surface area contributed by atoms with Crippen molar-refractivity contribution in [3.63, 3.8) is 0 Å². The first kappa shape index (κ1) is 17.9. The summed E-state index contributed by atoms with van der Waals surface area (Å²) in [5, 5.41) is 9.76. The van der Waals surface area contributed by atoms with Gasteiger partial charge in [-0.2, -0.15) is 13.2 Å². The molecule has 0 aliphatic rings. The Kier molecular flexibility index (Phi) is 4.43. The van der Waals surface area contributed by atoms with Gasteiger partial charge in [0.2, 0.25) is 0 Å². The Bertz CT molecular complexity index is 993. The smallest absolute Gasteiger partial charge is 0.419 e. The monoisotopic (exact) mass is 366 g/mol. The zero-order valence-corrected chi connectivity index (χ0v) is 13.6. The number of alkyl halides is 3. The Hall–Kier alpha value is -2.90. The number of carbonyl (C=O) groups is 1. The molecule has 2 heterocycles. The predicted octanol–water partition coefficient (Wildman–Crippen LogP) is 4.18. The van der Waals surface area contributed by atoms with Crippen LogP contribution in [0, 0.1) is 12.7 Å². The zero-order valence-electron chi connectivity index (χ0n) is 13.6. The molecule has 0 bridgehead atoms. The molecule has 1 N–H and O–H groups in total. The Morgan fingerprint density at radius 3 is 2.62 bits per heavy atom. The van der Waals surface area contributed by atoms with E-state index < -0.39 is 23.5 Å². The standard InChI is InChI=1S/C18H14F4N2O2/c1-10-13(8-16(25)26)12-3-2-6-23-17(12)24(10)9-11-4-5-14(15(19)7-11)18(20,21)22/h2-7H,8-9H2,1H3,(H,25,26). The van der Waals surface area contributed by atoms with Gasteiger partial charge in [0.1, 0.15) is 11.5 Å². The molecule has 0 aliphatic heterocycles. The Labute approximate surface area is 145 Å². The average molecular weight is 366 g/mol. The Morgan fingerprint density at radius 2 is 2.00 bits per heavy atom. The number of benzene rings is 1. The lowest BCUT2D eigenvalue weighted by atomic mass is 10.1.